The molecule has 8 nitrogen and oxygen atoms in total. The van der Waals surface area contributed by atoms with E-state index in [2.05, 4.69) is 17.2 Å². The van der Waals surface area contributed by atoms with Crippen molar-refractivity contribution >= 4 is 17.7 Å². The van der Waals surface area contributed by atoms with Crippen molar-refractivity contribution in [3.8, 4) is 23.3 Å². The van der Waals surface area contributed by atoms with Crippen LogP contribution in [-0.4, -0.2) is 37.0 Å². The zero-order chi connectivity index (χ0) is 24.2. The van der Waals surface area contributed by atoms with E-state index in [1.807, 2.05) is 30.3 Å². The molecular formula is C25H26N2O6. The van der Waals surface area contributed by atoms with Crippen molar-refractivity contribution in [2.24, 2.45) is 5.41 Å². The van der Waals surface area contributed by atoms with E-state index in [1.54, 1.807) is 20.8 Å². The molecule has 3 rings (SSSR count). The van der Waals surface area contributed by atoms with E-state index in [-0.39, 0.29) is 17.7 Å². The molecule has 0 spiro atoms. The van der Waals surface area contributed by atoms with Crippen molar-refractivity contribution in [3.05, 3.63) is 59.2 Å². The maximum atomic E-state index is 13.4. The van der Waals surface area contributed by atoms with Crippen LogP contribution in [0.25, 0.3) is 0 Å². The molecule has 1 unspecified atom stereocenters. The van der Waals surface area contributed by atoms with Crippen LogP contribution < -0.4 is 14.8 Å². The fourth-order valence-electron chi connectivity index (χ4n) is 3.43. The summed E-state index contributed by atoms with van der Waals surface area (Å²) in [5.74, 6) is 4.34. The van der Waals surface area contributed by atoms with Gasteiger partial charge in [0.1, 0.15) is 18.1 Å². The van der Waals surface area contributed by atoms with Crippen molar-refractivity contribution in [2.45, 2.75) is 33.4 Å². The summed E-state index contributed by atoms with van der Waals surface area (Å²) in [5, 5.41) is 3.41. The number of hydrogen-bond donors (Lipinski definition) is 1. The first-order chi connectivity index (χ1) is 15.7. The van der Waals surface area contributed by atoms with Gasteiger partial charge in [-0.1, -0.05) is 36.3 Å². The van der Waals surface area contributed by atoms with Gasteiger partial charge in [0.05, 0.1) is 19.8 Å². The lowest BCUT2D eigenvalue weighted by Crippen LogP contribution is -2.51. The molecule has 1 aliphatic heterocycles. The number of carbonyl (C=O) groups is 3. The molecule has 3 amide bonds. The third kappa shape index (κ3) is 4.83. The van der Waals surface area contributed by atoms with E-state index >= 15 is 0 Å². The minimum Gasteiger partial charge on any atom is -0.493 e. The van der Waals surface area contributed by atoms with Crippen molar-refractivity contribution in [1.29, 1.82) is 0 Å². The number of fused-ring (bicyclic) bond motifs is 1. The van der Waals surface area contributed by atoms with E-state index in [0.717, 1.165) is 5.56 Å². The minimum absolute atomic E-state index is 0.00554. The van der Waals surface area contributed by atoms with Crippen molar-refractivity contribution < 1.29 is 28.7 Å². The Bertz CT molecular complexity index is 1130. The fourth-order valence-corrected chi connectivity index (χ4v) is 3.43. The monoisotopic (exact) mass is 450 g/mol. The standard InChI is InChI=1S/C25H26N2O6/c1-6-12-25(2,3)24(30)26-21-17-13-19(31-4)20(32-5)14-18(17)22(28)27(23(21)29)33-15-16-10-8-7-9-11-16/h7-11,13-14,21H,15H2,1-5H3,(H,26,30). The molecule has 0 bridgehead atoms. The van der Waals surface area contributed by atoms with Crippen LogP contribution in [-0.2, 0) is 21.0 Å². The van der Waals surface area contributed by atoms with Gasteiger partial charge >= 0.3 is 0 Å². The Morgan fingerprint density at radius 2 is 1.73 bits per heavy atom. The molecular weight excluding hydrogens is 424 g/mol. The predicted octanol–water partition coefficient (Wildman–Crippen LogP) is 3.02. The van der Waals surface area contributed by atoms with Gasteiger partial charge in [-0.3, -0.25) is 19.2 Å². The summed E-state index contributed by atoms with van der Waals surface area (Å²) in [4.78, 5) is 45.1. The normalized spacial score (nSPS) is 15.3. The Kier molecular flexibility index (Phi) is 7.04. The van der Waals surface area contributed by atoms with Gasteiger partial charge < -0.3 is 14.8 Å². The number of rotatable bonds is 7. The van der Waals surface area contributed by atoms with Crippen molar-refractivity contribution in [1.82, 2.24) is 10.4 Å². The lowest BCUT2D eigenvalue weighted by Gasteiger charge is -2.33. The smallest absolute Gasteiger partial charge is 0.285 e. The van der Waals surface area contributed by atoms with Crippen LogP contribution in [0.5, 0.6) is 11.5 Å². The molecule has 1 heterocycles. The predicted molar refractivity (Wildman–Crippen MR) is 120 cm³/mol. The lowest BCUT2D eigenvalue weighted by molar-refractivity contribution is -0.178. The molecule has 0 aliphatic carbocycles. The number of hydrogen-bond acceptors (Lipinski definition) is 6. The largest absolute Gasteiger partial charge is 0.493 e. The second-order valence-electron chi connectivity index (χ2n) is 7.90. The Labute approximate surface area is 192 Å². The molecule has 2 aromatic rings. The molecule has 1 N–H and O–H groups in total. The zero-order valence-corrected chi connectivity index (χ0v) is 19.2. The summed E-state index contributed by atoms with van der Waals surface area (Å²) in [5.41, 5.74) is 0.167. The van der Waals surface area contributed by atoms with E-state index in [1.165, 1.54) is 26.4 Å². The number of hydroxylamine groups is 2. The summed E-state index contributed by atoms with van der Waals surface area (Å²) in [6, 6.07) is 10.9. The number of nitrogens with zero attached hydrogens (tertiary/aromatic N) is 1. The average Bonchev–Trinajstić information content (AvgIpc) is 2.81. The first-order valence-corrected chi connectivity index (χ1v) is 10.3. The maximum Gasteiger partial charge on any atom is 0.285 e. The van der Waals surface area contributed by atoms with E-state index in [4.69, 9.17) is 14.3 Å². The highest BCUT2D eigenvalue weighted by molar-refractivity contribution is 6.11. The summed E-state index contributed by atoms with van der Waals surface area (Å²) >= 11 is 0. The van der Waals surface area contributed by atoms with Crippen LogP contribution in [0.4, 0.5) is 0 Å². The van der Waals surface area contributed by atoms with Gasteiger partial charge in [0.2, 0.25) is 5.91 Å². The van der Waals surface area contributed by atoms with Crippen molar-refractivity contribution in [2.75, 3.05) is 14.2 Å². The highest BCUT2D eigenvalue weighted by Gasteiger charge is 2.43. The van der Waals surface area contributed by atoms with Crippen LogP contribution in [0.2, 0.25) is 0 Å². The topological polar surface area (TPSA) is 94.2 Å². The maximum absolute atomic E-state index is 13.4. The van der Waals surface area contributed by atoms with Gasteiger partial charge in [0.25, 0.3) is 11.8 Å². The average molecular weight is 450 g/mol. The van der Waals surface area contributed by atoms with Gasteiger partial charge in [-0.2, -0.15) is 0 Å². The van der Waals surface area contributed by atoms with Crippen LogP contribution in [0.1, 0.15) is 48.3 Å². The number of benzene rings is 2. The zero-order valence-electron chi connectivity index (χ0n) is 19.2. The Morgan fingerprint density at radius 3 is 2.33 bits per heavy atom. The fraction of sp³-hybridized carbons (Fsp3) is 0.320. The highest BCUT2D eigenvalue weighted by Crippen LogP contribution is 2.37. The van der Waals surface area contributed by atoms with E-state index < -0.39 is 29.2 Å². The quantitative estimate of drug-likeness (QED) is 0.515. The highest BCUT2D eigenvalue weighted by atomic mass is 16.7. The lowest BCUT2D eigenvalue weighted by atomic mass is 9.90. The summed E-state index contributed by atoms with van der Waals surface area (Å²) in [6.45, 7) is 4.92. The molecule has 0 fully saturated rings. The SMILES string of the molecule is CC#CC(C)(C)C(=O)NC1C(=O)N(OCc2ccccc2)C(=O)c2cc(OC)c(OC)cc21. The number of methoxy groups -OCH3 is 2. The third-order valence-corrected chi connectivity index (χ3v) is 5.21. The first kappa shape index (κ1) is 23.8. The molecule has 2 aromatic carbocycles. The van der Waals surface area contributed by atoms with E-state index in [0.29, 0.717) is 16.6 Å². The summed E-state index contributed by atoms with van der Waals surface area (Å²) in [7, 11) is 2.89. The second-order valence-corrected chi connectivity index (χ2v) is 7.90. The summed E-state index contributed by atoms with van der Waals surface area (Å²) < 4.78 is 10.7. The number of imide groups is 1. The molecule has 172 valence electrons. The third-order valence-electron chi connectivity index (χ3n) is 5.21. The van der Waals surface area contributed by atoms with Gasteiger partial charge in [-0.25, -0.2) is 0 Å². The first-order valence-electron chi connectivity index (χ1n) is 10.3. The van der Waals surface area contributed by atoms with Gasteiger partial charge in [-0.15, -0.1) is 11.0 Å². The molecule has 0 saturated carbocycles. The molecule has 1 aliphatic rings. The minimum atomic E-state index is -1.18. The molecule has 33 heavy (non-hydrogen) atoms. The molecule has 0 aromatic heterocycles. The number of amides is 3. The number of carbonyl (C=O) groups excluding carboxylic acids is 3. The van der Waals surface area contributed by atoms with Crippen LogP contribution >= 0.6 is 0 Å². The van der Waals surface area contributed by atoms with Crippen LogP contribution in [0.15, 0.2) is 42.5 Å². The number of ether oxygens (including phenoxy) is 2. The molecule has 8 heteroatoms. The van der Waals surface area contributed by atoms with E-state index in [9.17, 15) is 14.4 Å². The second kappa shape index (κ2) is 9.76. The van der Waals surface area contributed by atoms with Crippen LogP contribution in [0.3, 0.4) is 0 Å². The van der Waals surface area contributed by atoms with Gasteiger partial charge in [0, 0.05) is 5.56 Å². The van der Waals surface area contributed by atoms with Crippen LogP contribution in [0, 0.1) is 17.3 Å². The Morgan fingerprint density at radius 1 is 1.09 bits per heavy atom. The van der Waals surface area contributed by atoms with Gasteiger partial charge in [0.15, 0.2) is 11.5 Å². The van der Waals surface area contributed by atoms with Crippen molar-refractivity contribution in [3.63, 3.8) is 0 Å². The van der Waals surface area contributed by atoms with Gasteiger partial charge in [-0.05, 0) is 38.5 Å². The Balaban J connectivity index is 2.03. The Hall–Kier alpha value is -3.83. The molecule has 0 radical (unpaired) electrons. The summed E-state index contributed by atoms with van der Waals surface area (Å²) in [6.07, 6.45) is 0. The molecule has 0 saturated heterocycles. The number of nitrogens with one attached hydrogen (secondary N) is 1. The molecule has 1 atom stereocenters.